The fourth-order valence-corrected chi connectivity index (χ4v) is 6.67. The van der Waals surface area contributed by atoms with Crippen LogP contribution in [0.2, 0.25) is 0 Å². The van der Waals surface area contributed by atoms with E-state index in [9.17, 15) is 4.79 Å². The van der Waals surface area contributed by atoms with Crippen LogP contribution in [0.5, 0.6) is 0 Å². The fourth-order valence-electron chi connectivity index (χ4n) is 6.67. The molecular weight excluding hydrogens is 496 g/mol. The smallest absolute Gasteiger partial charge is 0.298 e. The number of fused-ring (bicyclic) bond motifs is 11. The first-order chi connectivity index (χ1) is 19.1. The molecule has 8 bridgehead atoms. The van der Waals surface area contributed by atoms with E-state index < -0.39 is 0 Å². The SMILES string of the molecule is C=Cc1c(C)c2cc3nc(cc4[nH]c(cc5nc(cc1[nH]2)C(C)=C5C)c(C)c4C)C1(C)C(C)C(OC=O)=CCC31. The predicted octanol–water partition coefficient (Wildman–Crippen LogP) is 7.97. The molecule has 3 aromatic heterocycles. The molecule has 0 radical (unpaired) electrons. The summed E-state index contributed by atoms with van der Waals surface area (Å²) in [6.07, 6.45) is 4.70. The van der Waals surface area contributed by atoms with Crippen molar-refractivity contribution in [2.45, 2.75) is 66.2 Å². The van der Waals surface area contributed by atoms with Gasteiger partial charge in [0.2, 0.25) is 0 Å². The van der Waals surface area contributed by atoms with Crippen molar-refractivity contribution >= 4 is 45.8 Å². The number of H-pyrrole nitrogens is 2. The molecular formula is C34H36N4O2. The molecule has 1 aliphatic carbocycles. The summed E-state index contributed by atoms with van der Waals surface area (Å²) in [5, 5.41) is 0. The Morgan fingerprint density at radius 2 is 1.50 bits per heavy atom. The average Bonchev–Trinajstić information content (AvgIpc) is 3.56. The highest BCUT2D eigenvalue weighted by Gasteiger charge is 2.50. The second-order valence-corrected chi connectivity index (χ2v) is 11.6. The van der Waals surface area contributed by atoms with E-state index in [0.29, 0.717) is 12.2 Å². The van der Waals surface area contributed by atoms with Crippen molar-refractivity contribution in [3.05, 3.63) is 87.7 Å². The van der Waals surface area contributed by atoms with E-state index in [0.717, 1.165) is 62.4 Å². The van der Waals surface area contributed by atoms with Crippen molar-refractivity contribution in [2.24, 2.45) is 5.92 Å². The second-order valence-electron chi connectivity index (χ2n) is 11.6. The van der Waals surface area contributed by atoms with Crippen LogP contribution < -0.4 is 0 Å². The zero-order valence-corrected chi connectivity index (χ0v) is 24.3. The average molecular weight is 533 g/mol. The van der Waals surface area contributed by atoms with E-state index in [1.807, 2.05) is 6.08 Å². The Balaban J connectivity index is 1.76. The highest BCUT2D eigenvalue weighted by molar-refractivity contribution is 5.92. The van der Waals surface area contributed by atoms with Gasteiger partial charge in [0.25, 0.3) is 6.47 Å². The van der Waals surface area contributed by atoms with E-state index >= 15 is 0 Å². The Kier molecular flexibility index (Phi) is 5.98. The molecule has 0 amide bonds. The van der Waals surface area contributed by atoms with Gasteiger partial charge in [-0.15, -0.1) is 0 Å². The van der Waals surface area contributed by atoms with Crippen molar-refractivity contribution in [1.29, 1.82) is 0 Å². The number of carbonyl (C=O) groups is 1. The molecule has 0 saturated carbocycles. The summed E-state index contributed by atoms with van der Waals surface area (Å²) in [5.74, 6) is 0.814. The zero-order valence-electron chi connectivity index (χ0n) is 24.3. The first-order valence-corrected chi connectivity index (χ1v) is 13.9. The lowest BCUT2D eigenvalue weighted by Crippen LogP contribution is -2.38. The number of aromatic nitrogens is 4. The summed E-state index contributed by atoms with van der Waals surface area (Å²) in [5.41, 5.74) is 14.6. The van der Waals surface area contributed by atoms with Gasteiger partial charge in [-0.2, -0.15) is 0 Å². The van der Waals surface area contributed by atoms with Crippen LogP contribution >= 0.6 is 0 Å². The van der Waals surface area contributed by atoms with E-state index in [2.05, 4.69) is 95.4 Å². The molecule has 6 nitrogen and oxygen atoms in total. The quantitative estimate of drug-likeness (QED) is 0.335. The van der Waals surface area contributed by atoms with Crippen LogP contribution in [0.15, 0.2) is 42.7 Å². The highest BCUT2D eigenvalue weighted by Crippen LogP contribution is 2.54. The Hall–Kier alpha value is -4.19. The number of ether oxygens (including phenoxy) is 1. The number of carbonyl (C=O) groups excluding carboxylic acids is 1. The topological polar surface area (TPSA) is 83.7 Å². The Morgan fingerprint density at radius 3 is 2.15 bits per heavy atom. The summed E-state index contributed by atoms with van der Waals surface area (Å²) in [4.78, 5) is 29.0. The van der Waals surface area contributed by atoms with Gasteiger partial charge in [-0.25, -0.2) is 4.98 Å². The largest absolute Gasteiger partial charge is 0.433 e. The van der Waals surface area contributed by atoms with Gasteiger partial charge in [0.15, 0.2) is 0 Å². The third kappa shape index (κ3) is 3.65. The van der Waals surface area contributed by atoms with Gasteiger partial charge in [-0.3, -0.25) is 9.78 Å². The Labute approximate surface area is 234 Å². The molecule has 3 aliphatic rings. The van der Waals surface area contributed by atoms with Crippen LogP contribution in [0.1, 0.15) is 85.1 Å². The molecule has 3 atom stereocenters. The van der Waals surface area contributed by atoms with E-state index in [1.54, 1.807) is 0 Å². The molecule has 0 aromatic carbocycles. The number of aryl methyl sites for hydroxylation is 3. The molecule has 0 saturated heterocycles. The molecule has 6 rings (SSSR count). The molecule has 0 fully saturated rings. The Bertz CT molecular complexity index is 1830. The fraction of sp³-hybridized carbons (Fsp3) is 0.324. The molecule has 6 heteroatoms. The minimum Gasteiger partial charge on any atom is -0.433 e. The van der Waals surface area contributed by atoms with Crippen LogP contribution in [0, 0.1) is 26.7 Å². The first-order valence-electron chi connectivity index (χ1n) is 13.9. The van der Waals surface area contributed by atoms with Gasteiger partial charge in [-0.1, -0.05) is 26.5 Å². The lowest BCUT2D eigenvalue weighted by molar-refractivity contribution is -0.126. The number of hydrogen-bond acceptors (Lipinski definition) is 4. The highest BCUT2D eigenvalue weighted by atomic mass is 16.5. The zero-order chi connectivity index (χ0) is 28.5. The van der Waals surface area contributed by atoms with Gasteiger partial charge < -0.3 is 14.7 Å². The van der Waals surface area contributed by atoms with Crippen molar-refractivity contribution in [2.75, 3.05) is 0 Å². The van der Waals surface area contributed by atoms with Crippen molar-refractivity contribution in [3.63, 3.8) is 0 Å². The van der Waals surface area contributed by atoms with Gasteiger partial charge in [0.05, 0.1) is 17.1 Å². The second kappa shape index (κ2) is 9.19. The van der Waals surface area contributed by atoms with Crippen LogP contribution in [-0.4, -0.2) is 26.4 Å². The minimum atomic E-state index is -0.353. The molecule has 2 aliphatic heterocycles. The van der Waals surface area contributed by atoms with E-state index in [4.69, 9.17) is 14.7 Å². The number of hydrogen-bond donors (Lipinski definition) is 2. The summed E-state index contributed by atoms with van der Waals surface area (Å²) in [6.45, 7) is 19.7. The van der Waals surface area contributed by atoms with Gasteiger partial charge in [0.1, 0.15) is 5.76 Å². The number of nitrogens with zero attached hydrogens (tertiary/aromatic N) is 2. The van der Waals surface area contributed by atoms with Crippen LogP contribution in [0.4, 0.5) is 0 Å². The van der Waals surface area contributed by atoms with E-state index in [-0.39, 0.29) is 17.3 Å². The molecule has 2 N–H and O–H groups in total. The van der Waals surface area contributed by atoms with Gasteiger partial charge in [-0.05, 0) is 99.2 Å². The Morgan fingerprint density at radius 1 is 0.900 bits per heavy atom. The lowest BCUT2D eigenvalue weighted by Gasteiger charge is -2.40. The van der Waals surface area contributed by atoms with Crippen molar-refractivity contribution in [1.82, 2.24) is 19.9 Å². The lowest BCUT2D eigenvalue weighted by atomic mass is 9.62. The molecule has 0 spiro atoms. The van der Waals surface area contributed by atoms with Crippen LogP contribution in [0.3, 0.4) is 0 Å². The molecule has 3 aromatic rings. The first kappa shape index (κ1) is 26.1. The molecule has 204 valence electrons. The number of rotatable bonds is 3. The third-order valence-electron chi connectivity index (χ3n) is 9.87. The maximum absolute atomic E-state index is 11.3. The summed E-state index contributed by atoms with van der Waals surface area (Å²) in [7, 11) is 0. The monoisotopic (exact) mass is 532 g/mol. The van der Waals surface area contributed by atoms with Crippen molar-refractivity contribution in [3.8, 4) is 0 Å². The summed E-state index contributed by atoms with van der Waals surface area (Å²) >= 11 is 0. The number of nitrogens with one attached hydrogen (secondary N) is 2. The maximum Gasteiger partial charge on any atom is 0.298 e. The molecule has 5 heterocycles. The predicted molar refractivity (Wildman–Crippen MR) is 163 cm³/mol. The summed E-state index contributed by atoms with van der Waals surface area (Å²) < 4.78 is 5.46. The minimum absolute atomic E-state index is 0.0311. The molecule has 40 heavy (non-hydrogen) atoms. The third-order valence-corrected chi connectivity index (χ3v) is 9.87. The van der Waals surface area contributed by atoms with Gasteiger partial charge >= 0.3 is 0 Å². The van der Waals surface area contributed by atoms with Crippen LogP contribution in [-0.2, 0) is 14.9 Å². The molecule has 3 unspecified atom stereocenters. The number of aromatic amines is 2. The maximum atomic E-state index is 11.3. The van der Waals surface area contributed by atoms with Crippen molar-refractivity contribution < 1.29 is 9.53 Å². The number of allylic oxidation sites excluding steroid dienone is 4. The van der Waals surface area contributed by atoms with Gasteiger partial charge in [0, 0.05) is 50.6 Å². The standard InChI is InChI=1S/C34H36N4O2/c1-9-23-21(6)28-14-31-24-10-11-32(40-16-39)22(7)34(24,8)33(38-31)15-29-20(5)19(4)26(36-29)12-25-17(2)18(3)27(35-25)13-30(23)37-28/h9,11-16,22,24,36-37H,1,10H2,2-8H3. The van der Waals surface area contributed by atoms with E-state index in [1.165, 1.54) is 22.3 Å². The summed E-state index contributed by atoms with van der Waals surface area (Å²) in [6, 6.07) is 8.66. The normalized spacial score (nSPS) is 22.1. The van der Waals surface area contributed by atoms with Crippen LogP contribution in [0.25, 0.3) is 39.3 Å².